The quantitative estimate of drug-likeness (QED) is 0.0195. The molecule has 526 valence electrons. The van der Waals surface area contributed by atoms with Crippen LogP contribution in [0, 0.1) is 0 Å². The van der Waals surface area contributed by atoms with E-state index in [1.165, 1.54) is 270 Å². The van der Waals surface area contributed by atoms with Crippen molar-refractivity contribution < 1.29 is 49.3 Å². The second-order valence-corrected chi connectivity index (χ2v) is 26.7. The molecular weight excluding hydrogens is 1120 g/mol. The molecule has 0 bridgehead atoms. The maximum Gasteiger partial charge on any atom is 0.305 e. The third-order valence-electron chi connectivity index (χ3n) is 18.1. The highest BCUT2D eigenvalue weighted by molar-refractivity contribution is 5.76. The van der Waals surface area contributed by atoms with Crippen molar-refractivity contribution in [1.82, 2.24) is 5.32 Å². The fraction of sp³-hybridized carbons (Fsp3) is 0.848. The molecule has 0 aromatic rings. The van der Waals surface area contributed by atoms with Crippen molar-refractivity contribution in [3.63, 3.8) is 0 Å². The number of aliphatic hydroxyl groups is 5. The van der Waals surface area contributed by atoms with Crippen LogP contribution in [-0.2, 0) is 23.8 Å². The number of esters is 1. The van der Waals surface area contributed by atoms with Crippen LogP contribution < -0.4 is 5.32 Å². The van der Waals surface area contributed by atoms with E-state index in [0.29, 0.717) is 19.4 Å². The molecule has 7 atom stereocenters. The van der Waals surface area contributed by atoms with Gasteiger partial charge in [-0.25, -0.2) is 0 Å². The number of nitrogens with one attached hydrogen (secondary N) is 1. The Morgan fingerprint density at radius 1 is 0.411 bits per heavy atom. The van der Waals surface area contributed by atoms with Crippen LogP contribution in [-0.4, -0.2) is 100 Å². The summed E-state index contributed by atoms with van der Waals surface area (Å²) >= 11 is 0. The molecule has 0 saturated carbocycles. The Balaban J connectivity index is 1.96. The first-order chi connectivity index (χ1) is 44.2. The summed E-state index contributed by atoms with van der Waals surface area (Å²) in [5.74, 6) is -0.185. The Kier molecular flexibility index (Phi) is 64.3. The molecule has 1 aliphatic rings. The monoisotopic (exact) mass is 1270 g/mol. The van der Waals surface area contributed by atoms with Crippen molar-refractivity contribution in [3.05, 3.63) is 60.8 Å². The Labute approximate surface area is 554 Å². The van der Waals surface area contributed by atoms with E-state index in [9.17, 15) is 35.1 Å². The van der Waals surface area contributed by atoms with Crippen LogP contribution in [0.3, 0.4) is 0 Å². The van der Waals surface area contributed by atoms with E-state index in [2.05, 4.69) is 67.8 Å². The predicted molar refractivity (Wildman–Crippen MR) is 380 cm³/mol. The van der Waals surface area contributed by atoms with Gasteiger partial charge < -0.3 is 45.1 Å². The SMILES string of the molecule is CCCC/C=C\C/C=C\CCCCCCCC(=O)OCCCCCCCCCCC/C=C\C/C=C\CCCCCCCCCCCCCCCCCCCC(=O)NC(COC1OC(CO)C(O)C(O)C1O)C(O)/C=C/CCCCCCCCCCCCCCC. The zero-order chi connectivity index (χ0) is 65.1. The summed E-state index contributed by atoms with van der Waals surface area (Å²) in [5.41, 5.74) is 0. The lowest BCUT2D eigenvalue weighted by Gasteiger charge is -2.40. The number of allylic oxidation sites excluding steroid dienone is 9. The van der Waals surface area contributed by atoms with Crippen molar-refractivity contribution in [2.45, 2.75) is 410 Å². The van der Waals surface area contributed by atoms with E-state index in [4.69, 9.17) is 14.2 Å². The lowest BCUT2D eigenvalue weighted by atomic mass is 9.99. The van der Waals surface area contributed by atoms with Gasteiger partial charge in [0.1, 0.15) is 24.4 Å². The van der Waals surface area contributed by atoms with E-state index in [-0.39, 0.29) is 18.5 Å². The lowest BCUT2D eigenvalue weighted by Crippen LogP contribution is -2.60. The molecule has 0 aliphatic carbocycles. The topological polar surface area (TPSA) is 175 Å². The molecule has 0 aromatic carbocycles. The third kappa shape index (κ3) is 55.8. The predicted octanol–water partition coefficient (Wildman–Crippen LogP) is 20.5. The van der Waals surface area contributed by atoms with Crippen molar-refractivity contribution in [1.29, 1.82) is 0 Å². The lowest BCUT2D eigenvalue weighted by molar-refractivity contribution is -0.302. The molecular formula is C79H145NO10. The van der Waals surface area contributed by atoms with Gasteiger partial charge in [-0.2, -0.15) is 0 Å². The van der Waals surface area contributed by atoms with E-state index in [1.54, 1.807) is 6.08 Å². The van der Waals surface area contributed by atoms with Crippen LogP contribution >= 0.6 is 0 Å². The number of hydrogen-bond donors (Lipinski definition) is 6. The van der Waals surface area contributed by atoms with Gasteiger partial charge >= 0.3 is 5.97 Å². The van der Waals surface area contributed by atoms with Crippen LogP contribution in [0.2, 0.25) is 0 Å². The number of carbonyl (C=O) groups is 2. The Morgan fingerprint density at radius 2 is 0.756 bits per heavy atom. The molecule has 7 unspecified atom stereocenters. The minimum absolute atomic E-state index is 0.00775. The number of rotatable bonds is 68. The summed E-state index contributed by atoms with van der Waals surface area (Å²) in [6.07, 6.45) is 80.8. The second kappa shape index (κ2) is 67.8. The summed E-state index contributed by atoms with van der Waals surface area (Å²) < 4.78 is 16.8. The van der Waals surface area contributed by atoms with Gasteiger partial charge in [0.25, 0.3) is 0 Å². The van der Waals surface area contributed by atoms with Crippen molar-refractivity contribution in [2.75, 3.05) is 19.8 Å². The second-order valence-electron chi connectivity index (χ2n) is 26.7. The summed E-state index contributed by atoms with van der Waals surface area (Å²) in [6, 6.07) is -0.810. The Bertz CT molecular complexity index is 1680. The van der Waals surface area contributed by atoms with Gasteiger partial charge in [-0.15, -0.1) is 0 Å². The maximum absolute atomic E-state index is 13.1. The van der Waals surface area contributed by atoms with Gasteiger partial charge in [0.05, 0.1) is 32.0 Å². The Morgan fingerprint density at radius 3 is 1.16 bits per heavy atom. The number of ether oxygens (including phenoxy) is 3. The molecule has 0 spiro atoms. The summed E-state index contributed by atoms with van der Waals surface area (Å²) in [7, 11) is 0. The third-order valence-corrected chi connectivity index (χ3v) is 18.1. The minimum atomic E-state index is -1.57. The first kappa shape index (κ1) is 85.4. The molecule has 0 aromatic heterocycles. The van der Waals surface area contributed by atoms with Crippen LogP contribution in [0.5, 0.6) is 0 Å². The summed E-state index contributed by atoms with van der Waals surface area (Å²) in [5, 5.41) is 54.6. The Hall–Kier alpha value is -2.64. The van der Waals surface area contributed by atoms with Gasteiger partial charge in [-0.05, 0) is 89.9 Å². The molecule has 1 saturated heterocycles. The van der Waals surface area contributed by atoms with Gasteiger partial charge in [-0.1, -0.05) is 325 Å². The van der Waals surface area contributed by atoms with Crippen LogP contribution in [0.1, 0.15) is 367 Å². The number of aliphatic hydroxyl groups excluding tert-OH is 5. The molecule has 1 heterocycles. The van der Waals surface area contributed by atoms with Crippen LogP contribution in [0.25, 0.3) is 0 Å². The molecule has 90 heavy (non-hydrogen) atoms. The first-order valence-corrected chi connectivity index (χ1v) is 38.6. The average molecular weight is 1270 g/mol. The molecule has 11 nitrogen and oxygen atoms in total. The molecule has 1 amide bonds. The highest BCUT2D eigenvalue weighted by Crippen LogP contribution is 2.23. The minimum Gasteiger partial charge on any atom is -0.466 e. The van der Waals surface area contributed by atoms with Crippen molar-refractivity contribution >= 4 is 11.9 Å². The zero-order valence-electron chi connectivity index (χ0n) is 58.6. The highest BCUT2D eigenvalue weighted by Gasteiger charge is 2.44. The van der Waals surface area contributed by atoms with E-state index < -0.39 is 49.5 Å². The molecule has 11 heteroatoms. The molecule has 6 N–H and O–H groups in total. The average Bonchev–Trinajstić information content (AvgIpc) is 1.54. The number of unbranched alkanes of at least 4 members (excludes halogenated alkanes) is 46. The van der Waals surface area contributed by atoms with E-state index in [0.717, 1.165) is 70.6 Å². The molecule has 1 fully saturated rings. The van der Waals surface area contributed by atoms with E-state index >= 15 is 0 Å². The van der Waals surface area contributed by atoms with Crippen LogP contribution in [0.15, 0.2) is 60.8 Å². The largest absolute Gasteiger partial charge is 0.466 e. The highest BCUT2D eigenvalue weighted by atomic mass is 16.7. The number of amides is 1. The summed E-state index contributed by atoms with van der Waals surface area (Å²) in [6.45, 7) is 4.34. The molecule has 1 rings (SSSR count). The maximum atomic E-state index is 13.1. The van der Waals surface area contributed by atoms with Gasteiger partial charge in [0, 0.05) is 12.8 Å². The standard InChI is InChI=1S/C79H145NO10/c1-3-5-7-9-11-13-15-17-38-41-45-49-53-57-61-65-72(82)71(70-89-79-78(87)77(86)76(85)73(69-81)90-79)80-74(83)66-62-58-54-50-46-42-39-36-34-32-30-28-26-24-22-20-19-21-23-25-27-29-31-33-35-37-40-44-48-52-56-60-64-68-88-75(84)67-63-59-55-51-47-43-18-16-14-12-10-8-6-4-2/h10,12,16,18,23,25,29,31,61,65,71-73,76-79,81-82,85-87H,3-9,11,13-15,17,19-22,24,26-28,30,32-60,62-64,66-70H2,1-2H3,(H,80,83)/b12-10-,18-16-,25-23-,31-29-,65-61+. The smallest absolute Gasteiger partial charge is 0.305 e. The molecule has 1 aliphatic heterocycles. The first-order valence-electron chi connectivity index (χ1n) is 38.6. The van der Waals surface area contributed by atoms with Crippen LogP contribution in [0.4, 0.5) is 0 Å². The number of hydrogen-bond acceptors (Lipinski definition) is 10. The fourth-order valence-corrected chi connectivity index (χ4v) is 12.0. The summed E-state index contributed by atoms with van der Waals surface area (Å²) in [4.78, 5) is 25.2. The zero-order valence-corrected chi connectivity index (χ0v) is 58.6. The van der Waals surface area contributed by atoms with Gasteiger partial charge in [0.2, 0.25) is 5.91 Å². The van der Waals surface area contributed by atoms with E-state index in [1.807, 2.05) is 6.08 Å². The molecule has 0 radical (unpaired) electrons. The normalized spacial score (nSPS) is 18.0. The number of carbonyl (C=O) groups excluding carboxylic acids is 2. The fourth-order valence-electron chi connectivity index (χ4n) is 12.0. The van der Waals surface area contributed by atoms with Gasteiger partial charge in [0.15, 0.2) is 6.29 Å². The van der Waals surface area contributed by atoms with Gasteiger partial charge in [-0.3, -0.25) is 9.59 Å². The van der Waals surface area contributed by atoms with Crippen molar-refractivity contribution in [3.8, 4) is 0 Å². The van der Waals surface area contributed by atoms with Crippen molar-refractivity contribution in [2.24, 2.45) is 0 Å².